The molecule has 0 fully saturated rings. The molecule has 0 saturated carbocycles. The van der Waals surface area contributed by atoms with Gasteiger partial charge in [0.05, 0.1) is 23.9 Å². The largest absolute Gasteiger partial charge is 0.305 e. The van der Waals surface area contributed by atoms with Crippen LogP contribution in [0, 0.1) is 0 Å². The summed E-state index contributed by atoms with van der Waals surface area (Å²) in [6.07, 6.45) is 5.64. The number of pyridine rings is 1. The number of hydrogen-bond acceptors (Lipinski definition) is 10. The van der Waals surface area contributed by atoms with Gasteiger partial charge in [0, 0.05) is 11.3 Å². The predicted molar refractivity (Wildman–Crippen MR) is 125 cm³/mol. The van der Waals surface area contributed by atoms with Crippen LogP contribution in [-0.4, -0.2) is 70.4 Å². The van der Waals surface area contributed by atoms with Crippen LogP contribution in [0.5, 0.6) is 0 Å². The molecule has 0 N–H and O–H groups in total. The van der Waals surface area contributed by atoms with Crippen molar-refractivity contribution >= 4 is 41.8 Å². The number of nitrogens with zero attached hydrogens (tertiary/aromatic N) is 2. The summed E-state index contributed by atoms with van der Waals surface area (Å²) in [5.74, 6) is 0. The summed E-state index contributed by atoms with van der Waals surface area (Å²) in [4.78, 5) is 6.54. The fourth-order valence-electron chi connectivity index (χ4n) is 2.88. The van der Waals surface area contributed by atoms with Gasteiger partial charge in [-0.25, -0.2) is 0 Å². The Bertz CT molecular complexity index is 834. The van der Waals surface area contributed by atoms with Crippen LogP contribution in [0.1, 0.15) is 37.2 Å². The number of rotatable bonds is 14. The monoisotopic (exact) mass is 500 g/mol. The van der Waals surface area contributed by atoms with Gasteiger partial charge < -0.3 is 4.90 Å². The molecular formula is C18H32N2O6S4. The third-order valence-electron chi connectivity index (χ3n) is 3.80. The molecule has 0 aliphatic heterocycles. The van der Waals surface area contributed by atoms with E-state index in [0.29, 0.717) is 11.4 Å². The molecule has 0 saturated heterocycles. The van der Waals surface area contributed by atoms with Gasteiger partial charge in [0.1, 0.15) is 13.2 Å². The Hall–Kier alpha value is -0.370. The number of hydrogen-bond donors (Lipinski definition) is 0. The molecule has 12 heteroatoms. The molecule has 0 bridgehead atoms. The molecule has 1 aromatic rings. The van der Waals surface area contributed by atoms with Crippen LogP contribution in [-0.2, 0) is 48.2 Å². The summed E-state index contributed by atoms with van der Waals surface area (Å²) in [6, 6.07) is 3.56. The van der Waals surface area contributed by atoms with E-state index in [4.69, 9.17) is 8.37 Å². The maximum atomic E-state index is 11.3. The molecule has 174 valence electrons. The fourth-order valence-corrected chi connectivity index (χ4v) is 5.79. The highest BCUT2D eigenvalue weighted by Crippen LogP contribution is 2.33. The van der Waals surface area contributed by atoms with E-state index in [1.54, 1.807) is 22.9 Å². The van der Waals surface area contributed by atoms with Crippen LogP contribution in [0.2, 0.25) is 0 Å². The molecule has 0 unspecified atom stereocenters. The van der Waals surface area contributed by atoms with Crippen LogP contribution in [0.4, 0.5) is 0 Å². The molecule has 0 atom stereocenters. The van der Waals surface area contributed by atoms with Crippen molar-refractivity contribution < 1.29 is 25.2 Å². The Morgan fingerprint density at radius 2 is 1.53 bits per heavy atom. The molecule has 0 amide bonds. The highest BCUT2D eigenvalue weighted by molar-refractivity contribution is 8.76. The first-order valence-electron chi connectivity index (χ1n) is 9.27. The van der Waals surface area contributed by atoms with Crippen molar-refractivity contribution in [1.82, 2.24) is 9.88 Å². The summed E-state index contributed by atoms with van der Waals surface area (Å²) in [5, 5.41) is 0. The van der Waals surface area contributed by atoms with Crippen molar-refractivity contribution in [3.05, 3.63) is 29.1 Å². The topological polar surface area (TPSA) is 103 Å². The zero-order chi connectivity index (χ0) is 23.0. The predicted octanol–water partition coefficient (Wildman–Crippen LogP) is 2.69. The second kappa shape index (κ2) is 12.0. The average Bonchev–Trinajstić information content (AvgIpc) is 2.56. The van der Waals surface area contributed by atoms with Crippen molar-refractivity contribution in [2.75, 3.05) is 38.9 Å². The maximum Gasteiger partial charge on any atom is 0.264 e. The third-order valence-corrected chi connectivity index (χ3v) is 7.49. The third kappa shape index (κ3) is 13.1. The Morgan fingerprint density at radius 3 is 1.97 bits per heavy atom. The van der Waals surface area contributed by atoms with Crippen LogP contribution in [0.25, 0.3) is 0 Å². The summed E-state index contributed by atoms with van der Waals surface area (Å²) in [5.41, 5.74) is 1.75. The van der Waals surface area contributed by atoms with E-state index in [0.717, 1.165) is 44.0 Å². The zero-order valence-electron chi connectivity index (χ0n) is 18.4. The van der Waals surface area contributed by atoms with Crippen molar-refractivity contribution in [2.45, 2.75) is 44.6 Å². The SMILES string of the molecule is CSSC(C)(C)CN(C)CCCc1cc(COS(C)(=O)=O)nc(COS(C)(=O)=O)c1. The molecule has 0 aliphatic carbocycles. The Labute approximate surface area is 189 Å². The molecule has 0 aliphatic rings. The van der Waals surface area contributed by atoms with Gasteiger partial charge in [-0.1, -0.05) is 21.6 Å². The quantitative estimate of drug-likeness (QED) is 0.280. The second-order valence-corrected chi connectivity index (χ2v) is 14.1. The van der Waals surface area contributed by atoms with Gasteiger partial charge in [0.2, 0.25) is 0 Å². The molecule has 1 rings (SSSR count). The lowest BCUT2D eigenvalue weighted by Gasteiger charge is -2.28. The molecule has 0 spiro atoms. The lowest BCUT2D eigenvalue weighted by Crippen LogP contribution is -2.34. The molecule has 0 radical (unpaired) electrons. The van der Waals surface area contributed by atoms with Crippen molar-refractivity contribution in [1.29, 1.82) is 0 Å². The van der Waals surface area contributed by atoms with E-state index in [1.807, 2.05) is 10.8 Å². The number of aryl methyl sites for hydroxylation is 1. The van der Waals surface area contributed by atoms with E-state index in [2.05, 4.69) is 37.0 Å². The summed E-state index contributed by atoms with van der Waals surface area (Å²) < 4.78 is 54.9. The highest BCUT2D eigenvalue weighted by Gasteiger charge is 2.20. The lowest BCUT2D eigenvalue weighted by molar-refractivity contribution is 0.296. The Morgan fingerprint density at radius 1 is 1.03 bits per heavy atom. The van der Waals surface area contributed by atoms with Crippen LogP contribution in [0.3, 0.4) is 0 Å². The molecule has 30 heavy (non-hydrogen) atoms. The molecule has 0 aromatic carbocycles. The van der Waals surface area contributed by atoms with Gasteiger partial charge in [-0.3, -0.25) is 13.4 Å². The van der Waals surface area contributed by atoms with Crippen molar-refractivity contribution in [2.24, 2.45) is 0 Å². The van der Waals surface area contributed by atoms with Crippen LogP contribution in [0.15, 0.2) is 12.1 Å². The average molecular weight is 501 g/mol. The number of aromatic nitrogens is 1. The summed E-state index contributed by atoms with van der Waals surface area (Å²) >= 11 is 0. The minimum absolute atomic E-state index is 0.150. The smallest absolute Gasteiger partial charge is 0.264 e. The van der Waals surface area contributed by atoms with E-state index < -0.39 is 20.2 Å². The summed E-state index contributed by atoms with van der Waals surface area (Å²) in [6.45, 7) is 5.86. The van der Waals surface area contributed by atoms with Gasteiger partial charge in [-0.2, -0.15) is 16.8 Å². The highest BCUT2D eigenvalue weighted by atomic mass is 33.1. The normalized spacial score (nSPS) is 13.2. The van der Waals surface area contributed by atoms with E-state index in [9.17, 15) is 16.8 Å². The van der Waals surface area contributed by atoms with Crippen molar-refractivity contribution in [3.63, 3.8) is 0 Å². The minimum atomic E-state index is -3.61. The first kappa shape index (κ1) is 27.7. The van der Waals surface area contributed by atoms with E-state index in [-0.39, 0.29) is 18.0 Å². The lowest BCUT2D eigenvalue weighted by atomic mass is 10.1. The molecule has 8 nitrogen and oxygen atoms in total. The van der Waals surface area contributed by atoms with Crippen LogP contribution < -0.4 is 0 Å². The first-order valence-corrected chi connectivity index (χ1v) is 15.5. The molecule has 1 heterocycles. The Balaban J connectivity index is 2.80. The van der Waals surface area contributed by atoms with Crippen molar-refractivity contribution in [3.8, 4) is 0 Å². The maximum absolute atomic E-state index is 11.3. The van der Waals surface area contributed by atoms with Gasteiger partial charge >= 0.3 is 0 Å². The van der Waals surface area contributed by atoms with Gasteiger partial charge in [0.25, 0.3) is 20.2 Å². The second-order valence-electron chi connectivity index (χ2n) is 7.74. The molecular weight excluding hydrogens is 468 g/mol. The Kier molecular flexibility index (Phi) is 11.1. The van der Waals surface area contributed by atoms with Crippen LogP contribution >= 0.6 is 21.6 Å². The standard InChI is InChI=1S/C18H32N2O6S4/c1-18(2,28-27-4)14-20(3)9-7-8-15-10-16(12-25-29(5,21)22)19-17(11-15)13-26-30(6,23)24/h10-11H,7-9,12-14H2,1-6H3. The minimum Gasteiger partial charge on any atom is -0.305 e. The van der Waals surface area contributed by atoms with E-state index in [1.165, 1.54) is 0 Å². The van der Waals surface area contributed by atoms with Gasteiger partial charge in [-0.15, -0.1) is 0 Å². The molecule has 1 aromatic heterocycles. The summed E-state index contributed by atoms with van der Waals surface area (Å²) in [7, 11) is -1.52. The van der Waals surface area contributed by atoms with Gasteiger partial charge in [-0.05, 0) is 64.2 Å². The zero-order valence-corrected chi connectivity index (χ0v) is 21.6. The first-order chi connectivity index (χ1) is 13.7. The van der Waals surface area contributed by atoms with E-state index >= 15 is 0 Å². The fraction of sp³-hybridized carbons (Fsp3) is 0.722. The van der Waals surface area contributed by atoms with Gasteiger partial charge in [0.15, 0.2) is 0 Å².